The van der Waals surface area contributed by atoms with Gasteiger partial charge in [0, 0.05) is 21.4 Å². The Labute approximate surface area is 146 Å². The number of halogens is 1. The number of carbonyl (C=O) groups is 2. The summed E-state index contributed by atoms with van der Waals surface area (Å²) < 4.78 is 0.868. The molecule has 5 nitrogen and oxygen atoms in total. The maximum atomic E-state index is 12.3. The molecule has 4 rings (SSSR count). The first kappa shape index (κ1) is 15.2. The molecule has 0 unspecified atom stereocenters. The fourth-order valence-corrected chi connectivity index (χ4v) is 3.87. The van der Waals surface area contributed by atoms with E-state index in [0.717, 1.165) is 52.7 Å². The normalized spacial score (nSPS) is 17.5. The molecule has 1 aliphatic carbocycles. The number of aromatic nitrogens is 1. The minimum absolute atomic E-state index is 0.216. The molecular formula is C18H15BrN2O3. The van der Waals surface area contributed by atoms with E-state index in [9.17, 15) is 14.7 Å². The van der Waals surface area contributed by atoms with Crippen LogP contribution in [-0.2, 0) is 17.6 Å². The average molecular weight is 387 g/mol. The molecule has 6 heteroatoms. The van der Waals surface area contributed by atoms with Gasteiger partial charge in [-0.1, -0.05) is 15.9 Å². The molecule has 0 fully saturated rings. The Hall–Kier alpha value is -2.34. The predicted molar refractivity (Wildman–Crippen MR) is 95.0 cm³/mol. The summed E-state index contributed by atoms with van der Waals surface area (Å²) in [5.41, 5.74) is 4.67. The number of aromatic carboxylic acids is 1. The minimum atomic E-state index is -0.950. The first-order valence-electron chi connectivity index (χ1n) is 7.84. The van der Waals surface area contributed by atoms with Crippen molar-refractivity contribution in [1.29, 1.82) is 0 Å². The van der Waals surface area contributed by atoms with Crippen LogP contribution in [-0.4, -0.2) is 22.0 Å². The van der Waals surface area contributed by atoms with Crippen LogP contribution >= 0.6 is 15.9 Å². The molecule has 2 aliphatic rings. The summed E-state index contributed by atoms with van der Waals surface area (Å²) in [7, 11) is 0. The van der Waals surface area contributed by atoms with E-state index in [2.05, 4.69) is 26.2 Å². The van der Waals surface area contributed by atoms with Gasteiger partial charge in [-0.05, 0) is 55.5 Å². The number of anilines is 1. The van der Waals surface area contributed by atoms with Gasteiger partial charge in [-0.2, -0.15) is 0 Å². The smallest absolute Gasteiger partial charge is 0.338 e. The summed E-state index contributed by atoms with van der Waals surface area (Å²) in [6.07, 6.45) is 5.34. The van der Waals surface area contributed by atoms with Gasteiger partial charge in [0.05, 0.1) is 16.8 Å². The largest absolute Gasteiger partial charge is 0.478 e. The van der Waals surface area contributed by atoms with Crippen molar-refractivity contribution in [2.24, 2.45) is 0 Å². The number of H-pyrrole nitrogens is 1. The average Bonchev–Trinajstić information content (AvgIpc) is 3.06. The first-order chi connectivity index (χ1) is 11.5. The highest BCUT2D eigenvalue weighted by Crippen LogP contribution is 2.36. The molecule has 0 saturated heterocycles. The van der Waals surface area contributed by atoms with Crippen molar-refractivity contribution >= 4 is 45.1 Å². The maximum absolute atomic E-state index is 12.3. The summed E-state index contributed by atoms with van der Waals surface area (Å²) in [4.78, 5) is 27.3. The highest BCUT2D eigenvalue weighted by molar-refractivity contribution is 9.10. The van der Waals surface area contributed by atoms with Crippen molar-refractivity contribution in [3.05, 3.63) is 50.8 Å². The fraction of sp³-hybridized carbons (Fsp3) is 0.222. The van der Waals surface area contributed by atoms with E-state index in [1.54, 1.807) is 6.08 Å². The summed E-state index contributed by atoms with van der Waals surface area (Å²) in [5.74, 6) is -1.17. The number of nitrogens with one attached hydrogen (secondary N) is 2. The van der Waals surface area contributed by atoms with Gasteiger partial charge in [-0.3, -0.25) is 4.79 Å². The molecule has 0 spiro atoms. The number of benzene rings is 1. The van der Waals surface area contributed by atoms with Gasteiger partial charge in [0.15, 0.2) is 0 Å². The molecule has 0 radical (unpaired) electrons. The third kappa shape index (κ3) is 2.38. The van der Waals surface area contributed by atoms with Gasteiger partial charge >= 0.3 is 5.97 Å². The second kappa shape index (κ2) is 5.63. The Morgan fingerprint density at radius 3 is 2.83 bits per heavy atom. The number of hydrogen-bond donors (Lipinski definition) is 3. The number of carboxylic acid groups (broad SMARTS) is 1. The lowest BCUT2D eigenvalue weighted by molar-refractivity contribution is -0.110. The number of hydrogen-bond acceptors (Lipinski definition) is 2. The molecule has 1 amide bonds. The lowest BCUT2D eigenvalue weighted by Gasteiger charge is -2.10. The number of aryl methyl sites for hydroxylation is 1. The summed E-state index contributed by atoms with van der Waals surface area (Å²) in [6.45, 7) is 0. The highest BCUT2D eigenvalue weighted by Gasteiger charge is 2.28. The van der Waals surface area contributed by atoms with Gasteiger partial charge in [0.2, 0.25) is 0 Å². The molecule has 0 bridgehead atoms. The second-order valence-corrected chi connectivity index (χ2v) is 7.00. The Morgan fingerprint density at radius 2 is 2.04 bits per heavy atom. The molecule has 122 valence electrons. The topological polar surface area (TPSA) is 82.2 Å². The monoisotopic (exact) mass is 386 g/mol. The van der Waals surface area contributed by atoms with E-state index in [1.165, 1.54) is 0 Å². The van der Waals surface area contributed by atoms with Crippen LogP contribution in [0.1, 0.15) is 45.7 Å². The zero-order chi connectivity index (χ0) is 16.8. The molecule has 1 aliphatic heterocycles. The Balaban J connectivity index is 1.88. The number of carbonyl (C=O) groups excluding carboxylic acids is 1. The maximum Gasteiger partial charge on any atom is 0.338 e. The van der Waals surface area contributed by atoms with E-state index in [1.807, 2.05) is 18.2 Å². The Morgan fingerprint density at radius 1 is 1.25 bits per heavy atom. The second-order valence-electron chi connectivity index (χ2n) is 6.09. The first-order valence-corrected chi connectivity index (χ1v) is 8.64. The number of aromatic amines is 1. The molecule has 2 heterocycles. The van der Waals surface area contributed by atoms with Gasteiger partial charge in [-0.15, -0.1) is 0 Å². The van der Waals surface area contributed by atoms with Crippen molar-refractivity contribution in [2.75, 3.05) is 5.32 Å². The Kier molecular flexibility index (Phi) is 3.57. The number of rotatable bonds is 2. The van der Waals surface area contributed by atoms with Crippen molar-refractivity contribution in [2.45, 2.75) is 25.7 Å². The van der Waals surface area contributed by atoms with Gasteiger partial charge < -0.3 is 15.4 Å². The van der Waals surface area contributed by atoms with Crippen molar-refractivity contribution in [1.82, 2.24) is 4.98 Å². The van der Waals surface area contributed by atoms with Gasteiger partial charge in [-0.25, -0.2) is 4.79 Å². The van der Waals surface area contributed by atoms with Crippen LogP contribution in [0, 0.1) is 0 Å². The number of amides is 1. The van der Waals surface area contributed by atoms with E-state index in [0.29, 0.717) is 16.8 Å². The lowest BCUT2D eigenvalue weighted by Crippen LogP contribution is -2.07. The third-order valence-electron chi connectivity index (χ3n) is 4.59. The molecule has 24 heavy (non-hydrogen) atoms. The van der Waals surface area contributed by atoms with Crippen LogP contribution in [0.4, 0.5) is 5.69 Å². The van der Waals surface area contributed by atoms with Crippen LogP contribution < -0.4 is 5.32 Å². The van der Waals surface area contributed by atoms with Crippen LogP contribution in [0.2, 0.25) is 0 Å². The van der Waals surface area contributed by atoms with Crippen LogP contribution in [0.25, 0.3) is 11.6 Å². The molecule has 3 N–H and O–H groups in total. The lowest BCUT2D eigenvalue weighted by atomic mass is 9.94. The highest BCUT2D eigenvalue weighted by atomic mass is 79.9. The van der Waals surface area contributed by atoms with E-state index in [-0.39, 0.29) is 5.91 Å². The molecule has 1 aromatic carbocycles. The Bertz CT molecular complexity index is 911. The SMILES string of the molecule is O=C1Nc2ccc(Br)cc2C1=Cc1[nH]c2c(c1C(=O)O)CCCC2. The van der Waals surface area contributed by atoms with Crippen LogP contribution in [0.3, 0.4) is 0 Å². The summed E-state index contributed by atoms with van der Waals surface area (Å²) in [6, 6.07) is 5.55. The minimum Gasteiger partial charge on any atom is -0.478 e. The number of carboxylic acids is 1. The van der Waals surface area contributed by atoms with Crippen molar-refractivity contribution in [3.8, 4) is 0 Å². The molecule has 0 saturated carbocycles. The summed E-state index contributed by atoms with van der Waals surface area (Å²) >= 11 is 3.41. The zero-order valence-corrected chi connectivity index (χ0v) is 14.4. The van der Waals surface area contributed by atoms with Crippen molar-refractivity contribution in [3.63, 3.8) is 0 Å². The van der Waals surface area contributed by atoms with E-state index in [4.69, 9.17) is 0 Å². The molecule has 2 aromatic rings. The molecule has 1 aromatic heterocycles. The third-order valence-corrected chi connectivity index (χ3v) is 5.08. The van der Waals surface area contributed by atoms with E-state index >= 15 is 0 Å². The zero-order valence-electron chi connectivity index (χ0n) is 12.8. The van der Waals surface area contributed by atoms with Crippen LogP contribution in [0.5, 0.6) is 0 Å². The van der Waals surface area contributed by atoms with Gasteiger partial charge in [0.25, 0.3) is 5.91 Å². The van der Waals surface area contributed by atoms with Crippen LogP contribution in [0.15, 0.2) is 22.7 Å². The fourth-order valence-electron chi connectivity index (χ4n) is 3.51. The summed E-state index contributed by atoms with van der Waals surface area (Å²) in [5, 5.41) is 12.4. The molecular weight excluding hydrogens is 372 g/mol. The number of fused-ring (bicyclic) bond motifs is 2. The van der Waals surface area contributed by atoms with Gasteiger partial charge in [0.1, 0.15) is 0 Å². The molecule has 0 atom stereocenters. The quantitative estimate of drug-likeness (QED) is 0.685. The predicted octanol–water partition coefficient (Wildman–Crippen LogP) is 3.85. The van der Waals surface area contributed by atoms with E-state index < -0.39 is 5.97 Å². The van der Waals surface area contributed by atoms with Crippen molar-refractivity contribution < 1.29 is 14.7 Å². The standard InChI is InChI=1S/C18H15BrN2O3/c19-9-5-6-14-11(7-9)12(17(22)21-14)8-15-16(18(23)24)10-3-1-2-4-13(10)20-15/h5-8,20H,1-4H2,(H,21,22)(H,23,24).